The van der Waals surface area contributed by atoms with E-state index in [1.54, 1.807) is 12.4 Å². The molecule has 0 bridgehead atoms. The molecule has 0 radical (unpaired) electrons. The Morgan fingerprint density at radius 1 is 1.64 bits per heavy atom. The van der Waals surface area contributed by atoms with Crippen molar-refractivity contribution in [3.63, 3.8) is 0 Å². The predicted octanol–water partition coefficient (Wildman–Crippen LogP) is 1.46. The van der Waals surface area contributed by atoms with Crippen molar-refractivity contribution in [3.05, 3.63) is 28.5 Å². The van der Waals surface area contributed by atoms with Gasteiger partial charge < -0.3 is 5.43 Å². The Hall–Kier alpha value is -0.940. The van der Waals surface area contributed by atoms with Gasteiger partial charge >= 0.3 is 0 Å². The summed E-state index contributed by atoms with van der Waals surface area (Å²) in [4.78, 5) is 8.33. The fourth-order valence-corrected chi connectivity index (χ4v) is 1.35. The first-order chi connectivity index (χ1) is 6.77. The maximum atomic E-state index is 5.37. The molecule has 5 heteroatoms. The zero-order valence-electron chi connectivity index (χ0n) is 8.00. The zero-order chi connectivity index (χ0) is 10.4. The van der Waals surface area contributed by atoms with E-state index >= 15 is 0 Å². The summed E-state index contributed by atoms with van der Waals surface area (Å²) in [5.74, 6) is 6.04. The van der Waals surface area contributed by atoms with E-state index in [0.29, 0.717) is 5.84 Å². The van der Waals surface area contributed by atoms with Crippen LogP contribution in [0.5, 0.6) is 0 Å². The molecule has 0 aliphatic rings. The van der Waals surface area contributed by atoms with E-state index in [1.807, 2.05) is 6.07 Å². The minimum absolute atomic E-state index is 0.667. The molecule has 0 atom stereocenters. The van der Waals surface area contributed by atoms with Gasteiger partial charge in [0.05, 0.1) is 0 Å². The van der Waals surface area contributed by atoms with E-state index in [4.69, 9.17) is 5.84 Å². The maximum absolute atomic E-state index is 5.37. The molecule has 0 amide bonds. The van der Waals surface area contributed by atoms with Crippen molar-refractivity contribution >= 4 is 21.8 Å². The smallest absolute Gasteiger partial charge is 0.144 e. The number of hydrogen-bond acceptors (Lipinski definition) is 3. The van der Waals surface area contributed by atoms with Gasteiger partial charge in [-0.3, -0.25) is 9.98 Å². The summed E-state index contributed by atoms with van der Waals surface area (Å²) in [6, 6.07) is 1.92. The molecule has 0 unspecified atom stereocenters. The molecule has 1 rings (SSSR count). The van der Waals surface area contributed by atoms with E-state index in [-0.39, 0.29) is 0 Å². The number of nitrogens with zero attached hydrogens (tertiary/aromatic N) is 2. The highest BCUT2D eigenvalue weighted by Gasteiger charge is 2.01. The van der Waals surface area contributed by atoms with Crippen LogP contribution in [0.2, 0.25) is 0 Å². The normalized spacial score (nSPS) is 11.5. The Balaban J connectivity index is 2.89. The number of amidine groups is 1. The minimum Gasteiger partial charge on any atom is -0.308 e. The molecule has 4 nitrogen and oxygen atoms in total. The molecule has 1 heterocycles. The van der Waals surface area contributed by atoms with Crippen molar-refractivity contribution in [1.82, 2.24) is 10.4 Å². The van der Waals surface area contributed by atoms with Crippen molar-refractivity contribution in [2.45, 2.75) is 13.3 Å². The summed E-state index contributed by atoms with van der Waals surface area (Å²) >= 11 is 3.34. The van der Waals surface area contributed by atoms with Crippen molar-refractivity contribution in [2.24, 2.45) is 10.8 Å². The lowest BCUT2D eigenvalue weighted by molar-refractivity contribution is 0.907. The van der Waals surface area contributed by atoms with Crippen LogP contribution in [0.3, 0.4) is 0 Å². The Morgan fingerprint density at radius 3 is 3.00 bits per heavy atom. The molecule has 0 aromatic carbocycles. The predicted molar refractivity (Wildman–Crippen MR) is 61.0 cm³/mol. The molecule has 0 aliphatic heterocycles. The lowest BCUT2D eigenvalue weighted by atomic mass is 10.2. The van der Waals surface area contributed by atoms with Crippen LogP contribution >= 0.6 is 15.9 Å². The van der Waals surface area contributed by atoms with Crippen molar-refractivity contribution in [2.75, 3.05) is 6.54 Å². The molecule has 76 valence electrons. The van der Waals surface area contributed by atoms with E-state index in [9.17, 15) is 0 Å². The van der Waals surface area contributed by atoms with Gasteiger partial charge in [0.25, 0.3) is 0 Å². The number of nitrogens with two attached hydrogens (primary N) is 1. The summed E-state index contributed by atoms with van der Waals surface area (Å²) in [6.45, 7) is 2.82. The standard InChI is InChI=1S/C9H13BrN4/c1-2-3-13-9(14-11)7-4-8(10)6-12-5-7/h4-6H,2-3,11H2,1H3,(H,13,14). The number of pyridine rings is 1. The highest BCUT2D eigenvalue weighted by Crippen LogP contribution is 2.09. The maximum Gasteiger partial charge on any atom is 0.144 e. The molecule has 0 spiro atoms. The lowest BCUT2D eigenvalue weighted by Crippen LogP contribution is -2.31. The van der Waals surface area contributed by atoms with Crippen LogP contribution in [-0.4, -0.2) is 17.4 Å². The first kappa shape index (κ1) is 11.1. The van der Waals surface area contributed by atoms with Gasteiger partial charge in [-0.2, -0.15) is 0 Å². The Kier molecular flexibility index (Phi) is 4.55. The second-order valence-electron chi connectivity index (χ2n) is 2.77. The van der Waals surface area contributed by atoms with Crippen molar-refractivity contribution in [3.8, 4) is 0 Å². The molecular weight excluding hydrogens is 244 g/mol. The number of rotatable bonds is 3. The number of hydrogen-bond donors (Lipinski definition) is 2. The molecule has 0 saturated heterocycles. The monoisotopic (exact) mass is 256 g/mol. The quantitative estimate of drug-likeness (QED) is 0.373. The van der Waals surface area contributed by atoms with Gasteiger partial charge in [-0.25, -0.2) is 5.84 Å². The SMILES string of the molecule is CCCN=C(NN)c1cncc(Br)c1. The van der Waals surface area contributed by atoms with E-state index in [2.05, 4.69) is 38.3 Å². The number of hydrazine groups is 1. The van der Waals surface area contributed by atoms with Gasteiger partial charge in [0.15, 0.2) is 0 Å². The molecule has 14 heavy (non-hydrogen) atoms. The largest absolute Gasteiger partial charge is 0.308 e. The lowest BCUT2D eigenvalue weighted by Gasteiger charge is -2.05. The van der Waals surface area contributed by atoms with Crippen LogP contribution in [0.4, 0.5) is 0 Å². The van der Waals surface area contributed by atoms with E-state index in [1.165, 1.54) is 0 Å². The number of aliphatic imine (C=N–C) groups is 1. The second-order valence-corrected chi connectivity index (χ2v) is 3.68. The van der Waals surface area contributed by atoms with Gasteiger partial charge in [0.1, 0.15) is 5.84 Å². The van der Waals surface area contributed by atoms with Crippen LogP contribution < -0.4 is 11.3 Å². The molecular formula is C9H13BrN4. The molecule has 1 aromatic heterocycles. The number of halogens is 1. The average Bonchev–Trinajstić information content (AvgIpc) is 2.19. The summed E-state index contributed by atoms with van der Waals surface area (Å²) in [5.41, 5.74) is 3.45. The van der Waals surface area contributed by atoms with E-state index in [0.717, 1.165) is 23.0 Å². The van der Waals surface area contributed by atoms with Crippen LogP contribution in [0.15, 0.2) is 27.9 Å². The van der Waals surface area contributed by atoms with Crippen LogP contribution in [0.25, 0.3) is 0 Å². The minimum atomic E-state index is 0.667. The van der Waals surface area contributed by atoms with Gasteiger partial charge in [-0.15, -0.1) is 0 Å². The molecule has 0 saturated carbocycles. The summed E-state index contributed by atoms with van der Waals surface area (Å²) in [7, 11) is 0. The Bertz CT molecular complexity index is 324. The van der Waals surface area contributed by atoms with Crippen molar-refractivity contribution < 1.29 is 0 Å². The summed E-state index contributed by atoms with van der Waals surface area (Å²) in [6.07, 6.45) is 4.43. The third-order valence-corrected chi connectivity index (χ3v) is 2.04. The highest BCUT2D eigenvalue weighted by molar-refractivity contribution is 9.10. The Labute approximate surface area is 91.7 Å². The summed E-state index contributed by atoms with van der Waals surface area (Å²) in [5, 5.41) is 0. The fraction of sp³-hybridized carbons (Fsp3) is 0.333. The van der Waals surface area contributed by atoms with Crippen LogP contribution in [0, 0.1) is 0 Å². The third kappa shape index (κ3) is 3.08. The first-order valence-electron chi connectivity index (χ1n) is 4.40. The van der Waals surface area contributed by atoms with Crippen LogP contribution in [0.1, 0.15) is 18.9 Å². The zero-order valence-corrected chi connectivity index (χ0v) is 9.58. The molecule has 0 aliphatic carbocycles. The first-order valence-corrected chi connectivity index (χ1v) is 5.19. The fourth-order valence-electron chi connectivity index (χ4n) is 0.985. The van der Waals surface area contributed by atoms with Gasteiger partial charge in [-0.1, -0.05) is 6.92 Å². The summed E-state index contributed by atoms with van der Waals surface area (Å²) < 4.78 is 0.912. The molecule has 1 aromatic rings. The van der Waals surface area contributed by atoms with Gasteiger partial charge in [0, 0.05) is 29.0 Å². The third-order valence-electron chi connectivity index (χ3n) is 1.61. The number of aromatic nitrogens is 1. The molecule has 0 fully saturated rings. The van der Waals surface area contributed by atoms with Gasteiger partial charge in [-0.05, 0) is 28.4 Å². The van der Waals surface area contributed by atoms with Crippen molar-refractivity contribution in [1.29, 1.82) is 0 Å². The van der Waals surface area contributed by atoms with Crippen LogP contribution in [-0.2, 0) is 0 Å². The van der Waals surface area contributed by atoms with E-state index < -0.39 is 0 Å². The average molecular weight is 257 g/mol. The molecule has 3 N–H and O–H groups in total. The Morgan fingerprint density at radius 2 is 2.43 bits per heavy atom. The second kappa shape index (κ2) is 5.72. The highest BCUT2D eigenvalue weighted by atomic mass is 79.9. The topological polar surface area (TPSA) is 63.3 Å². The number of nitrogens with one attached hydrogen (secondary N) is 1. The van der Waals surface area contributed by atoms with Gasteiger partial charge in [0.2, 0.25) is 0 Å².